The SMILES string of the molecule is CCc1ccc(/C=C(\C#N)C(=O)Nc2ccccc2C)cc1[N+](=O)[O-]. The summed E-state index contributed by atoms with van der Waals surface area (Å²) in [5.41, 5.74) is 2.37. The van der Waals surface area contributed by atoms with E-state index in [4.69, 9.17) is 0 Å². The fourth-order valence-corrected chi connectivity index (χ4v) is 2.36. The van der Waals surface area contributed by atoms with Gasteiger partial charge in [-0.05, 0) is 36.6 Å². The lowest BCUT2D eigenvalue weighted by molar-refractivity contribution is -0.385. The molecule has 0 fully saturated rings. The quantitative estimate of drug-likeness (QED) is 0.386. The van der Waals surface area contributed by atoms with Crippen LogP contribution in [0.5, 0.6) is 0 Å². The molecule has 0 unspecified atom stereocenters. The molecule has 0 radical (unpaired) electrons. The summed E-state index contributed by atoms with van der Waals surface area (Å²) >= 11 is 0. The van der Waals surface area contributed by atoms with Gasteiger partial charge >= 0.3 is 0 Å². The average molecular weight is 335 g/mol. The second-order valence-electron chi connectivity index (χ2n) is 5.44. The maximum Gasteiger partial charge on any atom is 0.273 e. The van der Waals surface area contributed by atoms with Crippen LogP contribution in [0.2, 0.25) is 0 Å². The molecule has 2 rings (SSSR count). The molecule has 0 aliphatic carbocycles. The third-order valence-electron chi connectivity index (χ3n) is 3.76. The number of aryl methyl sites for hydroxylation is 2. The van der Waals surface area contributed by atoms with Crippen molar-refractivity contribution in [2.24, 2.45) is 0 Å². The first kappa shape index (κ1) is 17.9. The number of amides is 1. The molecule has 1 amide bonds. The van der Waals surface area contributed by atoms with Crippen molar-refractivity contribution in [1.82, 2.24) is 0 Å². The molecule has 2 aromatic carbocycles. The topological polar surface area (TPSA) is 96.0 Å². The molecular weight excluding hydrogens is 318 g/mol. The summed E-state index contributed by atoms with van der Waals surface area (Å²) < 4.78 is 0. The van der Waals surface area contributed by atoms with Crippen LogP contribution >= 0.6 is 0 Å². The average Bonchev–Trinajstić information content (AvgIpc) is 2.61. The maximum absolute atomic E-state index is 12.3. The Morgan fingerprint density at radius 1 is 1.32 bits per heavy atom. The highest BCUT2D eigenvalue weighted by atomic mass is 16.6. The predicted octanol–water partition coefficient (Wildman–Crippen LogP) is 4.01. The molecule has 6 heteroatoms. The van der Waals surface area contributed by atoms with E-state index in [1.165, 1.54) is 12.1 Å². The molecular formula is C19H17N3O3. The van der Waals surface area contributed by atoms with Crippen molar-refractivity contribution in [2.75, 3.05) is 5.32 Å². The number of carbonyl (C=O) groups excluding carboxylic acids is 1. The van der Waals surface area contributed by atoms with Crippen molar-refractivity contribution >= 4 is 23.4 Å². The molecule has 0 aliphatic rings. The fraction of sp³-hybridized carbons (Fsp3) is 0.158. The van der Waals surface area contributed by atoms with Gasteiger partial charge in [0, 0.05) is 17.3 Å². The van der Waals surface area contributed by atoms with Gasteiger partial charge in [0.15, 0.2) is 0 Å². The van der Waals surface area contributed by atoms with Crippen LogP contribution in [0.3, 0.4) is 0 Å². The third kappa shape index (κ3) is 4.30. The normalized spacial score (nSPS) is 10.8. The van der Waals surface area contributed by atoms with Crippen LogP contribution in [0, 0.1) is 28.4 Å². The number of hydrogen-bond acceptors (Lipinski definition) is 4. The van der Waals surface area contributed by atoms with E-state index in [1.807, 2.05) is 32.0 Å². The lowest BCUT2D eigenvalue weighted by Gasteiger charge is -2.07. The van der Waals surface area contributed by atoms with E-state index < -0.39 is 10.8 Å². The molecule has 2 aromatic rings. The highest BCUT2D eigenvalue weighted by molar-refractivity contribution is 6.10. The lowest BCUT2D eigenvalue weighted by atomic mass is 10.0. The van der Waals surface area contributed by atoms with Crippen molar-refractivity contribution in [3.63, 3.8) is 0 Å². The first-order chi connectivity index (χ1) is 12.0. The van der Waals surface area contributed by atoms with Crippen LogP contribution in [0.15, 0.2) is 48.0 Å². The van der Waals surface area contributed by atoms with Gasteiger partial charge in [0.1, 0.15) is 11.6 Å². The number of nitro benzene ring substituents is 1. The summed E-state index contributed by atoms with van der Waals surface area (Å²) in [5, 5.41) is 23.1. The van der Waals surface area contributed by atoms with Gasteiger partial charge in [-0.15, -0.1) is 0 Å². The number of nitriles is 1. The van der Waals surface area contributed by atoms with E-state index in [1.54, 1.807) is 24.3 Å². The molecule has 0 spiro atoms. The first-order valence-corrected chi connectivity index (χ1v) is 7.72. The number of nitrogens with one attached hydrogen (secondary N) is 1. The van der Waals surface area contributed by atoms with Crippen LogP contribution in [-0.2, 0) is 11.2 Å². The van der Waals surface area contributed by atoms with Crippen LogP contribution in [0.1, 0.15) is 23.6 Å². The number of hydrogen-bond donors (Lipinski definition) is 1. The summed E-state index contributed by atoms with van der Waals surface area (Å²) in [6, 6.07) is 13.7. The van der Waals surface area contributed by atoms with Crippen molar-refractivity contribution < 1.29 is 9.72 Å². The van der Waals surface area contributed by atoms with E-state index in [9.17, 15) is 20.2 Å². The summed E-state index contributed by atoms with van der Waals surface area (Å²) in [4.78, 5) is 23.0. The molecule has 0 atom stereocenters. The third-order valence-corrected chi connectivity index (χ3v) is 3.76. The zero-order chi connectivity index (χ0) is 18.4. The van der Waals surface area contributed by atoms with Crippen molar-refractivity contribution in [3.8, 4) is 6.07 Å². The second-order valence-corrected chi connectivity index (χ2v) is 5.44. The van der Waals surface area contributed by atoms with E-state index in [0.717, 1.165) is 5.56 Å². The van der Waals surface area contributed by atoms with E-state index in [-0.39, 0.29) is 11.3 Å². The van der Waals surface area contributed by atoms with Crippen LogP contribution in [0.4, 0.5) is 11.4 Å². The second kappa shape index (κ2) is 7.88. The van der Waals surface area contributed by atoms with E-state index in [0.29, 0.717) is 23.2 Å². The van der Waals surface area contributed by atoms with Crippen LogP contribution in [0.25, 0.3) is 6.08 Å². The minimum atomic E-state index is -0.556. The Balaban J connectivity index is 2.33. The lowest BCUT2D eigenvalue weighted by Crippen LogP contribution is -2.14. The summed E-state index contributed by atoms with van der Waals surface area (Å²) in [6.45, 7) is 3.67. The smallest absolute Gasteiger partial charge is 0.273 e. The number of para-hydroxylation sites is 1. The van der Waals surface area contributed by atoms with E-state index in [2.05, 4.69) is 5.32 Å². The molecule has 0 heterocycles. The molecule has 0 saturated heterocycles. The number of benzene rings is 2. The molecule has 6 nitrogen and oxygen atoms in total. The summed E-state index contributed by atoms with van der Waals surface area (Å²) in [7, 11) is 0. The Labute approximate surface area is 145 Å². The highest BCUT2D eigenvalue weighted by Gasteiger charge is 2.15. The molecule has 0 aliphatic heterocycles. The minimum absolute atomic E-state index is 0.0205. The molecule has 1 N–H and O–H groups in total. The van der Waals surface area contributed by atoms with Gasteiger partial charge in [0.2, 0.25) is 0 Å². The van der Waals surface area contributed by atoms with Gasteiger partial charge in [-0.3, -0.25) is 14.9 Å². The molecule has 0 aromatic heterocycles. The molecule has 126 valence electrons. The van der Waals surface area contributed by atoms with Gasteiger partial charge in [0.05, 0.1) is 4.92 Å². The largest absolute Gasteiger partial charge is 0.321 e. The van der Waals surface area contributed by atoms with Gasteiger partial charge < -0.3 is 5.32 Å². The van der Waals surface area contributed by atoms with Crippen LogP contribution in [-0.4, -0.2) is 10.8 Å². The summed E-state index contributed by atoms with van der Waals surface area (Å²) in [5.74, 6) is -0.556. The molecule has 25 heavy (non-hydrogen) atoms. The highest BCUT2D eigenvalue weighted by Crippen LogP contribution is 2.23. The number of rotatable bonds is 5. The number of nitro groups is 1. The van der Waals surface area contributed by atoms with Gasteiger partial charge in [-0.2, -0.15) is 5.26 Å². The van der Waals surface area contributed by atoms with Crippen molar-refractivity contribution in [2.45, 2.75) is 20.3 Å². The van der Waals surface area contributed by atoms with Crippen molar-refractivity contribution in [1.29, 1.82) is 5.26 Å². The number of carbonyl (C=O) groups is 1. The van der Waals surface area contributed by atoms with Crippen LogP contribution < -0.4 is 5.32 Å². The van der Waals surface area contributed by atoms with Gasteiger partial charge in [-0.1, -0.05) is 37.3 Å². The zero-order valence-corrected chi connectivity index (χ0v) is 13.9. The summed E-state index contributed by atoms with van der Waals surface area (Å²) in [6.07, 6.45) is 1.87. The first-order valence-electron chi connectivity index (χ1n) is 7.72. The van der Waals surface area contributed by atoms with Gasteiger partial charge in [-0.25, -0.2) is 0 Å². The Hall–Kier alpha value is -3.46. The zero-order valence-electron chi connectivity index (χ0n) is 13.9. The fourth-order valence-electron chi connectivity index (χ4n) is 2.36. The maximum atomic E-state index is 12.3. The number of nitrogens with zero attached hydrogens (tertiary/aromatic N) is 2. The standard InChI is InChI=1S/C19H17N3O3/c1-3-15-9-8-14(11-18(15)22(24)25)10-16(12-20)19(23)21-17-7-5-4-6-13(17)2/h4-11H,3H2,1-2H3,(H,21,23)/b16-10+. The number of anilines is 1. The monoisotopic (exact) mass is 335 g/mol. The van der Waals surface area contributed by atoms with Gasteiger partial charge in [0.25, 0.3) is 11.6 Å². The molecule has 0 bridgehead atoms. The Morgan fingerprint density at radius 3 is 2.64 bits per heavy atom. The van der Waals surface area contributed by atoms with E-state index >= 15 is 0 Å². The Bertz CT molecular complexity index is 895. The Kier molecular flexibility index (Phi) is 5.64. The molecule has 0 saturated carbocycles. The predicted molar refractivity (Wildman–Crippen MR) is 95.9 cm³/mol. The van der Waals surface area contributed by atoms with Crippen molar-refractivity contribution in [3.05, 3.63) is 74.8 Å². The minimum Gasteiger partial charge on any atom is -0.321 e. The Morgan fingerprint density at radius 2 is 2.04 bits per heavy atom.